The van der Waals surface area contributed by atoms with Crippen molar-refractivity contribution in [1.82, 2.24) is 19.7 Å². The molecule has 7 nitrogen and oxygen atoms in total. The van der Waals surface area contributed by atoms with Crippen LogP contribution in [0.1, 0.15) is 13.8 Å². The first-order chi connectivity index (χ1) is 14.0. The molecule has 1 fully saturated rings. The average Bonchev–Trinajstić information content (AvgIpc) is 3.14. The fourth-order valence-corrected chi connectivity index (χ4v) is 3.78. The molecular formula is C21H20FN5O2. The van der Waals surface area contributed by atoms with Crippen molar-refractivity contribution < 1.29 is 8.81 Å². The minimum Gasteiger partial charge on any atom is -0.403 e. The Morgan fingerprint density at radius 3 is 2.93 bits per heavy atom. The van der Waals surface area contributed by atoms with Gasteiger partial charge in [0.15, 0.2) is 11.5 Å². The zero-order valence-corrected chi connectivity index (χ0v) is 16.1. The quantitative estimate of drug-likeness (QED) is 0.564. The molecule has 0 aromatic carbocycles. The van der Waals surface area contributed by atoms with Crippen molar-refractivity contribution in [3.8, 4) is 11.3 Å². The van der Waals surface area contributed by atoms with Gasteiger partial charge in [0.1, 0.15) is 5.82 Å². The summed E-state index contributed by atoms with van der Waals surface area (Å²) in [7, 11) is 0. The molecule has 1 saturated heterocycles. The topological polar surface area (TPSA) is 75.7 Å². The molecule has 29 heavy (non-hydrogen) atoms. The molecule has 2 unspecified atom stereocenters. The third-order valence-corrected chi connectivity index (χ3v) is 5.35. The van der Waals surface area contributed by atoms with Crippen molar-refractivity contribution >= 4 is 22.6 Å². The van der Waals surface area contributed by atoms with Crippen LogP contribution in [0, 0.1) is 5.82 Å². The number of aromatic nitrogens is 3. The summed E-state index contributed by atoms with van der Waals surface area (Å²) in [5.41, 5.74) is 0.535. The van der Waals surface area contributed by atoms with Gasteiger partial charge < -0.3 is 19.0 Å². The van der Waals surface area contributed by atoms with E-state index >= 15 is 0 Å². The zero-order chi connectivity index (χ0) is 20.1. The Morgan fingerprint density at radius 1 is 1.24 bits per heavy atom. The van der Waals surface area contributed by atoms with Gasteiger partial charge in [-0.3, -0.25) is 0 Å². The van der Waals surface area contributed by atoms with Crippen molar-refractivity contribution in [2.45, 2.75) is 25.9 Å². The minimum absolute atomic E-state index is 0.164. The fraction of sp³-hybridized carbons (Fsp3) is 0.286. The van der Waals surface area contributed by atoms with Gasteiger partial charge in [-0.25, -0.2) is 14.2 Å². The molecule has 4 aromatic rings. The van der Waals surface area contributed by atoms with E-state index in [-0.39, 0.29) is 23.0 Å². The maximum atomic E-state index is 13.9. The van der Waals surface area contributed by atoms with Crippen molar-refractivity contribution in [3.63, 3.8) is 0 Å². The highest BCUT2D eigenvalue weighted by molar-refractivity contribution is 5.80. The molecule has 0 spiro atoms. The maximum absolute atomic E-state index is 13.9. The largest absolute Gasteiger partial charge is 0.403 e. The Hall–Kier alpha value is -3.26. The summed E-state index contributed by atoms with van der Waals surface area (Å²) in [5, 5.41) is 4.13. The third-order valence-electron chi connectivity index (χ3n) is 5.35. The first-order valence-corrected chi connectivity index (χ1v) is 9.58. The smallest absolute Gasteiger partial charge is 0.347 e. The Balaban J connectivity index is 1.58. The minimum atomic E-state index is -0.548. The lowest BCUT2D eigenvalue weighted by molar-refractivity contribution is 0.422. The van der Waals surface area contributed by atoms with Crippen LogP contribution in [-0.4, -0.2) is 39.5 Å². The van der Waals surface area contributed by atoms with Gasteiger partial charge in [-0.15, -0.1) is 0 Å². The molecule has 4 aromatic heterocycles. The summed E-state index contributed by atoms with van der Waals surface area (Å²) in [6.45, 7) is 5.96. The molecule has 1 aliphatic heterocycles. The average molecular weight is 393 g/mol. The summed E-state index contributed by atoms with van der Waals surface area (Å²) in [6, 6.07) is 9.08. The molecule has 2 atom stereocenters. The highest BCUT2D eigenvalue weighted by atomic mass is 19.1. The SMILES string of the molecule is CC1CN(c2ccc3cc(-c4cn5cccc(F)c5n4)c(=O)oc3n2)C(C)CN1. The van der Waals surface area contributed by atoms with Crippen LogP contribution >= 0.6 is 0 Å². The molecule has 0 saturated carbocycles. The Kier molecular flexibility index (Phi) is 4.09. The fourth-order valence-electron chi connectivity index (χ4n) is 3.78. The molecule has 5 rings (SSSR count). The standard InChI is InChI=1S/C21H20FN5O2/c1-12-10-27(13(2)9-23-12)18-6-5-14-8-15(21(28)29-20(14)25-18)17-11-26-7-3-4-16(22)19(26)24-17/h3-8,11-13,23H,9-10H2,1-2H3. The lowest BCUT2D eigenvalue weighted by Crippen LogP contribution is -2.54. The van der Waals surface area contributed by atoms with Gasteiger partial charge in [-0.1, -0.05) is 0 Å². The summed E-state index contributed by atoms with van der Waals surface area (Å²) < 4.78 is 21.0. The molecule has 5 heterocycles. The molecule has 0 aliphatic carbocycles. The summed E-state index contributed by atoms with van der Waals surface area (Å²) in [4.78, 5) is 23.7. The number of nitrogens with zero attached hydrogens (tertiary/aromatic N) is 4. The Morgan fingerprint density at radius 2 is 2.10 bits per heavy atom. The number of hydrogen-bond acceptors (Lipinski definition) is 6. The van der Waals surface area contributed by atoms with Crippen LogP contribution in [-0.2, 0) is 0 Å². The van der Waals surface area contributed by atoms with Gasteiger partial charge in [0.05, 0.1) is 11.3 Å². The molecule has 1 N–H and O–H groups in total. The number of piperazine rings is 1. The van der Waals surface area contributed by atoms with Gasteiger partial charge in [0, 0.05) is 43.0 Å². The predicted molar refractivity (Wildman–Crippen MR) is 109 cm³/mol. The van der Waals surface area contributed by atoms with Crippen LogP contribution in [0.5, 0.6) is 0 Å². The van der Waals surface area contributed by atoms with Gasteiger partial charge >= 0.3 is 5.63 Å². The van der Waals surface area contributed by atoms with Crippen molar-refractivity contribution in [2.24, 2.45) is 0 Å². The molecule has 0 amide bonds. The van der Waals surface area contributed by atoms with Crippen LogP contribution in [0.25, 0.3) is 28.0 Å². The lowest BCUT2D eigenvalue weighted by atomic mass is 10.1. The number of hydrogen-bond donors (Lipinski definition) is 1. The second-order valence-electron chi connectivity index (χ2n) is 7.54. The van der Waals surface area contributed by atoms with Gasteiger partial charge in [-0.05, 0) is 44.2 Å². The van der Waals surface area contributed by atoms with E-state index in [1.807, 2.05) is 12.1 Å². The number of imidazole rings is 1. The summed E-state index contributed by atoms with van der Waals surface area (Å²) in [5.74, 6) is 0.332. The number of anilines is 1. The highest BCUT2D eigenvalue weighted by Crippen LogP contribution is 2.24. The molecule has 0 radical (unpaired) electrons. The monoisotopic (exact) mass is 393 g/mol. The third kappa shape index (κ3) is 3.05. The summed E-state index contributed by atoms with van der Waals surface area (Å²) in [6.07, 6.45) is 3.29. The van der Waals surface area contributed by atoms with Gasteiger partial charge in [0.25, 0.3) is 0 Å². The first kappa shape index (κ1) is 17.8. The second-order valence-corrected chi connectivity index (χ2v) is 7.54. The maximum Gasteiger partial charge on any atom is 0.347 e. The number of fused-ring (bicyclic) bond motifs is 2. The highest BCUT2D eigenvalue weighted by Gasteiger charge is 2.24. The van der Waals surface area contributed by atoms with Gasteiger partial charge in [0.2, 0.25) is 5.71 Å². The van der Waals surface area contributed by atoms with Crippen LogP contribution in [0.3, 0.4) is 0 Å². The van der Waals surface area contributed by atoms with E-state index < -0.39 is 11.4 Å². The Bertz CT molecular complexity index is 1280. The van der Waals surface area contributed by atoms with Crippen LogP contribution in [0.15, 0.2) is 51.9 Å². The van der Waals surface area contributed by atoms with E-state index in [0.29, 0.717) is 17.1 Å². The summed E-state index contributed by atoms with van der Waals surface area (Å²) >= 11 is 0. The molecule has 0 bridgehead atoms. The van der Waals surface area contributed by atoms with E-state index in [0.717, 1.165) is 18.9 Å². The first-order valence-electron chi connectivity index (χ1n) is 9.58. The molecule has 8 heteroatoms. The van der Waals surface area contributed by atoms with Crippen LogP contribution in [0.4, 0.5) is 10.2 Å². The van der Waals surface area contributed by atoms with E-state index in [9.17, 15) is 9.18 Å². The van der Waals surface area contributed by atoms with E-state index in [4.69, 9.17) is 4.42 Å². The van der Waals surface area contributed by atoms with Gasteiger partial charge in [-0.2, -0.15) is 4.98 Å². The predicted octanol–water partition coefficient (Wildman–Crippen LogP) is 2.83. The van der Waals surface area contributed by atoms with E-state index in [1.54, 1.807) is 28.9 Å². The molecule has 1 aliphatic rings. The number of nitrogens with one attached hydrogen (secondary N) is 1. The van der Waals surface area contributed by atoms with Crippen LogP contribution in [0.2, 0.25) is 0 Å². The van der Waals surface area contributed by atoms with Crippen molar-refractivity contribution in [2.75, 3.05) is 18.0 Å². The van der Waals surface area contributed by atoms with Crippen molar-refractivity contribution in [1.29, 1.82) is 0 Å². The second kappa shape index (κ2) is 6.66. The van der Waals surface area contributed by atoms with Crippen LogP contribution < -0.4 is 15.8 Å². The normalized spacial score (nSPS) is 19.9. The van der Waals surface area contributed by atoms with E-state index in [1.165, 1.54) is 6.07 Å². The number of pyridine rings is 2. The number of halogens is 1. The Labute approximate surface area is 165 Å². The molecule has 148 valence electrons. The molecular weight excluding hydrogens is 373 g/mol. The number of rotatable bonds is 2. The van der Waals surface area contributed by atoms with E-state index in [2.05, 4.69) is 34.0 Å². The zero-order valence-electron chi connectivity index (χ0n) is 16.1. The van der Waals surface area contributed by atoms with Crippen molar-refractivity contribution in [3.05, 3.63) is 59.0 Å². The lowest BCUT2D eigenvalue weighted by Gasteiger charge is -2.38.